The van der Waals surface area contributed by atoms with Gasteiger partial charge < -0.3 is 12.8 Å². The van der Waals surface area contributed by atoms with Crippen molar-refractivity contribution in [1.29, 1.82) is 0 Å². The van der Waals surface area contributed by atoms with Gasteiger partial charge in [-0.25, -0.2) is 0 Å². The Balaban J connectivity index is -0.000000140. The van der Waals surface area contributed by atoms with Gasteiger partial charge in [0, 0.05) is 32.7 Å². The fraction of sp³-hybridized carbons (Fsp3) is 0.800. The van der Waals surface area contributed by atoms with Gasteiger partial charge in [0.1, 0.15) is 0 Å². The fourth-order valence-electron chi connectivity index (χ4n) is 0.553. The van der Waals surface area contributed by atoms with E-state index in [0.717, 1.165) is 0 Å². The molecule has 0 saturated carbocycles. The molecule has 0 heterocycles. The molecule has 0 atom stereocenters. The zero-order valence-corrected chi connectivity index (χ0v) is 11.4. The van der Waals surface area contributed by atoms with Crippen LogP contribution in [0.5, 0.6) is 0 Å². The molecule has 67 valence electrons. The Bertz CT molecular complexity index is 31.9. The second-order valence-electron chi connectivity index (χ2n) is 2.42. The van der Waals surface area contributed by atoms with Crippen molar-refractivity contribution in [3.05, 3.63) is 12.8 Å². The third-order valence-corrected chi connectivity index (χ3v) is 1.05. The summed E-state index contributed by atoms with van der Waals surface area (Å²) in [5.74, 6) is 0. The zero-order chi connectivity index (χ0) is 8.24. The Morgan fingerprint density at radius 1 is 1.09 bits per heavy atom. The van der Waals surface area contributed by atoms with Gasteiger partial charge in [0.05, 0.1) is 0 Å². The Hall–Kier alpha value is 1.10. The molecule has 1 heteroatoms. The molecule has 0 N–H and O–H groups in total. The minimum absolute atomic E-state index is 0. The maximum atomic E-state index is 2.34. The van der Waals surface area contributed by atoms with Crippen LogP contribution in [0.4, 0.5) is 0 Å². The predicted molar refractivity (Wildman–Crippen MR) is 49.8 cm³/mol. The second-order valence-corrected chi connectivity index (χ2v) is 2.42. The van der Waals surface area contributed by atoms with Crippen LogP contribution in [0.25, 0.3) is 0 Å². The molecule has 0 amide bonds. The number of hydrogen-bond acceptors (Lipinski definition) is 0. The van der Waals surface area contributed by atoms with E-state index in [1.54, 1.807) is 0 Å². The normalized spacial score (nSPS) is 7.64. The van der Waals surface area contributed by atoms with Crippen molar-refractivity contribution < 1.29 is 32.7 Å². The monoisotopic (exact) mass is 231 g/mol. The van der Waals surface area contributed by atoms with Crippen molar-refractivity contribution >= 4 is 0 Å². The van der Waals surface area contributed by atoms with Gasteiger partial charge in [-0.2, -0.15) is 26.7 Å². The predicted octanol–water partition coefficient (Wildman–Crippen LogP) is 4.02. The van der Waals surface area contributed by atoms with Crippen molar-refractivity contribution in [2.45, 2.75) is 53.4 Å². The van der Waals surface area contributed by atoms with Crippen molar-refractivity contribution in [3.63, 3.8) is 0 Å². The summed E-state index contributed by atoms with van der Waals surface area (Å²) >= 11 is 0. The zero-order valence-electron chi connectivity index (χ0n) is 8.56. The molecule has 0 spiro atoms. The molecule has 0 saturated heterocycles. The number of unbranched alkanes of at least 4 members (excludes halogenated alkanes) is 4. The summed E-state index contributed by atoms with van der Waals surface area (Å²) in [5, 5.41) is 0. The Morgan fingerprint density at radius 2 is 1.55 bits per heavy atom. The van der Waals surface area contributed by atoms with Gasteiger partial charge in [-0.05, 0) is 0 Å². The average Bonchev–Trinajstić information content (AvgIpc) is 1.91. The first kappa shape index (κ1) is 18.0. The summed E-state index contributed by atoms with van der Waals surface area (Å²) in [6.45, 7) is 8.42. The van der Waals surface area contributed by atoms with Crippen molar-refractivity contribution in [2.75, 3.05) is 0 Å². The van der Waals surface area contributed by atoms with Crippen LogP contribution in [0, 0.1) is 12.8 Å². The summed E-state index contributed by atoms with van der Waals surface area (Å²) in [6.07, 6.45) is 9.58. The molecule has 0 aliphatic carbocycles. The summed E-state index contributed by atoms with van der Waals surface area (Å²) < 4.78 is 0. The SMILES string of the molecule is CC[CH-]CCCC.C[CH-]C.[Y]. The van der Waals surface area contributed by atoms with Crippen molar-refractivity contribution in [2.24, 2.45) is 0 Å². The van der Waals surface area contributed by atoms with Crippen LogP contribution in [0.15, 0.2) is 0 Å². The molecule has 0 aromatic carbocycles. The molecule has 0 fully saturated rings. The van der Waals surface area contributed by atoms with E-state index in [1.807, 2.05) is 20.3 Å². The summed E-state index contributed by atoms with van der Waals surface area (Å²) in [7, 11) is 0. The molecule has 1 radical (unpaired) electrons. The van der Waals surface area contributed by atoms with Crippen LogP contribution in [-0.2, 0) is 32.7 Å². The molecule has 0 rings (SSSR count). The van der Waals surface area contributed by atoms with E-state index in [2.05, 4.69) is 20.3 Å². The van der Waals surface area contributed by atoms with Gasteiger partial charge >= 0.3 is 0 Å². The van der Waals surface area contributed by atoms with E-state index < -0.39 is 0 Å². The van der Waals surface area contributed by atoms with E-state index in [4.69, 9.17) is 0 Å². The molecule has 0 bridgehead atoms. The maximum absolute atomic E-state index is 2.34. The van der Waals surface area contributed by atoms with Crippen LogP contribution in [0.1, 0.15) is 53.4 Å². The largest absolute Gasteiger partial charge is 0.335 e. The minimum Gasteiger partial charge on any atom is -0.335 e. The maximum Gasteiger partial charge on any atom is 0 e. The topological polar surface area (TPSA) is 0 Å². The first-order valence-electron chi connectivity index (χ1n) is 4.39. The quantitative estimate of drug-likeness (QED) is 0.506. The van der Waals surface area contributed by atoms with Crippen LogP contribution in [0.3, 0.4) is 0 Å². The molecular weight excluding hydrogens is 209 g/mol. The molecule has 0 unspecified atom stereocenters. The first-order chi connectivity index (χ1) is 4.83. The van der Waals surface area contributed by atoms with E-state index >= 15 is 0 Å². The van der Waals surface area contributed by atoms with Crippen LogP contribution >= 0.6 is 0 Å². The van der Waals surface area contributed by atoms with Crippen molar-refractivity contribution in [1.82, 2.24) is 0 Å². The van der Waals surface area contributed by atoms with Crippen LogP contribution in [0.2, 0.25) is 0 Å². The molecule has 0 aromatic rings. The van der Waals surface area contributed by atoms with Crippen LogP contribution in [-0.4, -0.2) is 0 Å². The Kier molecular flexibility index (Phi) is 36.8. The van der Waals surface area contributed by atoms with Gasteiger partial charge in [-0.15, -0.1) is 0 Å². The third kappa shape index (κ3) is 35.3. The van der Waals surface area contributed by atoms with Gasteiger partial charge in [-0.1, -0.05) is 26.7 Å². The fourth-order valence-corrected chi connectivity index (χ4v) is 0.553. The molecular formula is C10H22Y-2. The second kappa shape index (κ2) is 22.5. The van der Waals surface area contributed by atoms with Crippen molar-refractivity contribution in [3.8, 4) is 0 Å². The molecule has 11 heavy (non-hydrogen) atoms. The van der Waals surface area contributed by atoms with E-state index in [-0.39, 0.29) is 32.7 Å². The van der Waals surface area contributed by atoms with Gasteiger partial charge in [-0.3, -0.25) is 0 Å². The van der Waals surface area contributed by atoms with E-state index in [0.29, 0.717) is 0 Å². The molecule has 0 aliphatic heterocycles. The Labute approximate surface area is 98.4 Å². The standard InChI is InChI=1S/C7H15.C3H7.Y/c1-3-5-7-6-4-2;1-3-2;/h5H,3-4,6-7H2,1-2H3;3H,1-2H3;/q2*-1;. The first-order valence-corrected chi connectivity index (χ1v) is 4.39. The number of rotatable bonds is 4. The van der Waals surface area contributed by atoms with Gasteiger partial charge in [0.2, 0.25) is 0 Å². The smallest absolute Gasteiger partial charge is 0 e. The molecule has 0 aliphatic rings. The van der Waals surface area contributed by atoms with Gasteiger partial charge in [0.25, 0.3) is 0 Å². The average molecular weight is 231 g/mol. The minimum atomic E-state index is 0. The summed E-state index contributed by atoms with van der Waals surface area (Å²) in [6, 6.07) is 0. The van der Waals surface area contributed by atoms with E-state index in [1.165, 1.54) is 25.7 Å². The summed E-state index contributed by atoms with van der Waals surface area (Å²) in [4.78, 5) is 0. The van der Waals surface area contributed by atoms with Gasteiger partial charge in [0.15, 0.2) is 0 Å². The van der Waals surface area contributed by atoms with E-state index in [9.17, 15) is 0 Å². The third-order valence-electron chi connectivity index (χ3n) is 1.05. The Morgan fingerprint density at radius 3 is 1.82 bits per heavy atom. The van der Waals surface area contributed by atoms with Crippen LogP contribution < -0.4 is 0 Å². The number of hydrogen-bond donors (Lipinski definition) is 0. The molecule has 0 nitrogen and oxygen atoms in total. The molecule has 0 aromatic heterocycles. The summed E-state index contributed by atoms with van der Waals surface area (Å²) in [5.41, 5.74) is 0.